The fraction of sp³-hybridized carbons (Fsp3) is 0.538. The van der Waals surface area contributed by atoms with Gasteiger partial charge in [-0.3, -0.25) is 0 Å². The zero-order valence-electron chi connectivity index (χ0n) is 12.0. The molecule has 1 aromatic rings. The maximum absolute atomic E-state index is 12.3. The van der Waals surface area contributed by atoms with Gasteiger partial charge < -0.3 is 15.2 Å². The monoisotopic (exact) mass is 302 g/mol. The summed E-state index contributed by atoms with van der Waals surface area (Å²) in [6.07, 6.45) is 0.646. The van der Waals surface area contributed by atoms with Gasteiger partial charge in [0.2, 0.25) is 10.0 Å². The lowest BCUT2D eigenvalue weighted by Gasteiger charge is -2.17. The van der Waals surface area contributed by atoms with Crippen molar-refractivity contribution in [2.24, 2.45) is 5.73 Å². The number of benzene rings is 1. The molecule has 0 aliphatic rings. The van der Waals surface area contributed by atoms with Gasteiger partial charge in [0, 0.05) is 25.3 Å². The zero-order valence-corrected chi connectivity index (χ0v) is 12.9. The maximum atomic E-state index is 12.3. The third kappa shape index (κ3) is 4.17. The molecule has 1 atom stereocenters. The molecule has 0 saturated carbocycles. The van der Waals surface area contributed by atoms with Gasteiger partial charge in [0.25, 0.3) is 0 Å². The Morgan fingerprint density at radius 2 is 2.05 bits per heavy atom. The van der Waals surface area contributed by atoms with E-state index >= 15 is 0 Å². The summed E-state index contributed by atoms with van der Waals surface area (Å²) in [4.78, 5) is 0.174. The summed E-state index contributed by atoms with van der Waals surface area (Å²) >= 11 is 0. The molecule has 0 aromatic heterocycles. The van der Waals surface area contributed by atoms with Crippen molar-refractivity contribution >= 4 is 10.0 Å². The van der Waals surface area contributed by atoms with E-state index in [2.05, 4.69) is 4.72 Å². The van der Waals surface area contributed by atoms with Crippen LogP contribution in [0.1, 0.15) is 18.9 Å². The number of nitrogens with one attached hydrogen (secondary N) is 1. The van der Waals surface area contributed by atoms with Crippen LogP contribution >= 0.6 is 0 Å². The summed E-state index contributed by atoms with van der Waals surface area (Å²) in [5, 5.41) is 0. The van der Waals surface area contributed by atoms with E-state index < -0.39 is 10.0 Å². The van der Waals surface area contributed by atoms with E-state index in [0.29, 0.717) is 24.3 Å². The highest BCUT2D eigenvalue weighted by Crippen LogP contribution is 2.22. The predicted octanol–water partition coefficient (Wildman–Crippen LogP) is 0.857. The Kier molecular flexibility index (Phi) is 6.41. The quantitative estimate of drug-likeness (QED) is 0.743. The largest absolute Gasteiger partial charge is 0.496 e. The van der Waals surface area contributed by atoms with Crippen LogP contribution in [-0.4, -0.2) is 35.3 Å². The van der Waals surface area contributed by atoms with Crippen LogP contribution in [0.25, 0.3) is 0 Å². The topological polar surface area (TPSA) is 90.6 Å². The Morgan fingerprint density at radius 1 is 1.35 bits per heavy atom. The van der Waals surface area contributed by atoms with Gasteiger partial charge in [-0.15, -0.1) is 0 Å². The third-order valence-corrected chi connectivity index (χ3v) is 4.48. The highest BCUT2D eigenvalue weighted by molar-refractivity contribution is 7.89. The predicted molar refractivity (Wildman–Crippen MR) is 77.2 cm³/mol. The Bertz CT molecular complexity index is 531. The highest BCUT2D eigenvalue weighted by Gasteiger charge is 2.20. The van der Waals surface area contributed by atoms with Gasteiger partial charge >= 0.3 is 0 Å². The molecule has 1 aromatic carbocycles. The molecule has 7 heteroatoms. The van der Waals surface area contributed by atoms with E-state index in [9.17, 15) is 8.42 Å². The molecule has 20 heavy (non-hydrogen) atoms. The lowest BCUT2D eigenvalue weighted by atomic mass is 10.2. The Hall–Kier alpha value is -1.15. The number of ether oxygens (including phenoxy) is 2. The Labute approximate surface area is 120 Å². The molecule has 0 aliphatic carbocycles. The van der Waals surface area contributed by atoms with Gasteiger partial charge in [0.15, 0.2) is 0 Å². The zero-order chi connectivity index (χ0) is 15.2. The molecule has 0 aliphatic heterocycles. The Morgan fingerprint density at radius 3 is 2.55 bits per heavy atom. The van der Waals surface area contributed by atoms with Crippen LogP contribution in [0.5, 0.6) is 5.75 Å². The van der Waals surface area contributed by atoms with Gasteiger partial charge in [-0.05, 0) is 24.6 Å². The van der Waals surface area contributed by atoms with Crippen molar-refractivity contribution < 1.29 is 17.9 Å². The first-order valence-corrected chi connectivity index (χ1v) is 7.85. The summed E-state index contributed by atoms with van der Waals surface area (Å²) in [6.45, 7) is 2.43. The average molecular weight is 302 g/mol. The van der Waals surface area contributed by atoms with Gasteiger partial charge in [-0.2, -0.15) is 0 Å². The molecule has 1 rings (SSSR count). The van der Waals surface area contributed by atoms with E-state index in [1.165, 1.54) is 26.4 Å². The highest BCUT2D eigenvalue weighted by atomic mass is 32.2. The molecule has 114 valence electrons. The first kappa shape index (κ1) is 16.9. The second kappa shape index (κ2) is 7.58. The second-order valence-corrected chi connectivity index (χ2v) is 6.07. The maximum Gasteiger partial charge on any atom is 0.240 e. The normalized spacial score (nSPS) is 13.2. The minimum absolute atomic E-state index is 0.174. The fourth-order valence-electron chi connectivity index (χ4n) is 1.81. The molecular weight excluding hydrogens is 280 g/mol. The Balaban J connectivity index is 3.03. The van der Waals surface area contributed by atoms with E-state index in [-0.39, 0.29) is 17.5 Å². The second-order valence-electron chi connectivity index (χ2n) is 4.36. The van der Waals surface area contributed by atoms with Crippen LogP contribution in [0, 0.1) is 0 Å². The van der Waals surface area contributed by atoms with Crippen LogP contribution in [0.3, 0.4) is 0 Å². The van der Waals surface area contributed by atoms with Crippen molar-refractivity contribution in [3.63, 3.8) is 0 Å². The molecule has 0 amide bonds. The van der Waals surface area contributed by atoms with Crippen LogP contribution in [-0.2, 0) is 21.3 Å². The van der Waals surface area contributed by atoms with Crippen molar-refractivity contribution in [3.8, 4) is 5.75 Å². The van der Waals surface area contributed by atoms with Gasteiger partial charge in [0.05, 0.1) is 18.6 Å². The van der Waals surface area contributed by atoms with Gasteiger partial charge in [0.1, 0.15) is 5.75 Å². The first-order valence-electron chi connectivity index (χ1n) is 6.36. The number of sulfonamides is 1. The molecule has 3 N–H and O–H groups in total. The molecule has 0 saturated heterocycles. The lowest BCUT2D eigenvalue weighted by molar-refractivity contribution is 0.173. The summed E-state index contributed by atoms with van der Waals surface area (Å²) in [5.74, 6) is 0.579. The van der Waals surface area contributed by atoms with E-state index in [1.807, 2.05) is 6.92 Å². The van der Waals surface area contributed by atoms with Crippen molar-refractivity contribution in [2.45, 2.75) is 30.8 Å². The first-order chi connectivity index (χ1) is 9.48. The standard InChI is InChI=1S/C13H22N2O4S/c1-4-11(9-18-2)15-20(16,17)12-5-6-13(19-3)10(7-12)8-14/h5-7,11,15H,4,8-9,14H2,1-3H3. The van der Waals surface area contributed by atoms with Gasteiger partial charge in [-0.1, -0.05) is 6.92 Å². The lowest BCUT2D eigenvalue weighted by Crippen LogP contribution is -2.37. The van der Waals surface area contributed by atoms with Gasteiger partial charge in [-0.25, -0.2) is 13.1 Å². The minimum Gasteiger partial charge on any atom is -0.496 e. The molecular formula is C13H22N2O4S. The molecule has 0 radical (unpaired) electrons. The number of hydrogen-bond donors (Lipinski definition) is 2. The fourth-order valence-corrected chi connectivity index (χ4v) is 3.16. The van der Waals surface area contributed by atoms with Crippen LogP contribution in [0.2, 0.25) is 0 Å². The summed E-state index contributed by atoms with van der Waals surface area (Å²) in [6, 6.07) is 4.38. The van der Waals surface area contributed by atoms with Crippen LogP contribution in [0.4, 0.5) is 0 Å². The van der Waals surface area contributed by atoms with Crippen molar-refractivity contribution in [3.05, 3.63) is 23.8 Å². The van der Waals surface area contributed by atoms with E-state index in [4.69, 9.17) is 15.2 Å². The SMILES string of the molecule is CCC(COC)NS(=O)(=O)c1ccc(OC)c(CN)c1. The van der Waals surface area contributed by atoms with Crippen molar-refractivity contribution in [2.75, 3.05) is 20.8 Å². The molecule has 6 nitrogen and oxygen atoms in total. The van der Waals surface area contributed by atoms with Crippen molar-refractivity contribution in [1.82, 2.24) is 4.72 Å². The molecule has 0 heterocycles. The molecule has 0 bridgehead atoms. The molecule has 0 fully saturated rings. The number of hydrogen-bond acceptors (Lipinski definition) is 5. The molecule has 0 spiro atoms. The van der Waals surface area contributed by atoms with Crippen LogP contribution < -0.4 is 15.2 Å². The number of methoxy groups -OCH3 is 2. The summed E-state index contributed by atoms with van der Waals surface area (Å²) < 4.78 is 37.3. The smallest absolute Gasteiger partial charge is 0.240 e. The van der Waals surface area contributed by atoms with E-state index in [1.54, 1.807) is 6.07 Å². The summed E-state index contributed by atoms with van der Waals surface area (Å²) in [7, 11) is -0.533. The number of rotatable bonds is 8. The van der Waals surface area contributed by atoms with Crippen molar-refractivity contribution in [1.29, 1.82) is 0 Å². The third-order valence-electron chi connectivity index (χ3n) is 2.96. The minimum atomic E-state index is -3.59. The average Bonchev–Trinajstić information content (AvgIpc) is 2.45. The molecule has 1 unspecified atom stereocenters. The van der Waals surface area contributed by atoms with Crippen LogP contribution in [0.15, 0.2) is 23.1 Å². The summed E-state index contributed by atoms with van der Waals surface area (Å²) in [5.41, 5.74) is 6.25. The number of nitrogens with two attached hydrogens (primary N) is 1. The van der Waals surface area contributed by atoms with E-state index in [0.717, 1.165) is 0 Å².